The van der Waals surface area contributed by atoms with Gasteiger partial charge in [-0.25, -0.2) is 0 Å². The first-order valence-corrected chi connectivity index (χ1v) is 11.3. The van der Waals surface area contributed by atoms with E-state index in [9.17, 15) is 4.79 Å². The summed E-state index contributed by atoms with van der Waals surface area (Å²) in [5, 5.41) is 0. The summed E-state index contributed by atoms with van der Waals surface area (Å²) in [7, 11) is 0. The largest absolute Gasteiger partial charge is 0.294 e. The SMILES string of the molecule is CCc1ccc2c(c1)C(C)c1cc(-c3cccc(C(=O)C(C)(C)C4CC4)c3)ccc1-2. The highest BCUT2D eigenvalue weighted by molar-refractivity contribution is 6.01. The fourth-order valence-corrected chi connectivity index (χ4v) is 5.15. The summed E-state index contributed by atoms with van der Waals surface area (Å²) in [5.41, 5.74) is 9.87. The smallest absolute Gasteiger partial charge is 0.168 e. The molecule has 0 bridgehead atoms. The van der Waals surface area contributed by atoms with E-state index in [1.54, 1.807) is 0 Å². The molecule has 2 aliphatic carbocycles. The molecule has 0 aromatic heterocycles. The summed E-state index contributed by atoms with van der Waals surface area (Å²) in [6.07, 6.45) is 3.43. The zero-order valence-corrected chi connectivity index (χ0v) is 18.5. The van der Waals surface area contributed by atoms with E-state index in [1.807, 2.05) is 12.1 Å². The van der Waals surface area contributed by atoms with Crippen LogP contribution in [0.3, 0.4) is 0 Å². The monoisotopic (exact) mass is 394 g/mol. The standard InChI is InChI=1S/C29H30O/c1-5-19-9-13-24-25-14-10-21(17-27(25)18(2)26(24)15-19)20-7-6-8-22(16-20)28(30)29(3,4)23-11-12-23/h6-10,13-18,23H,5,11-12H2,1-4H3. The van der Waals surface area contributed by atoms with E-state index in [0.29, 0.717) is 11.8 Å². The minimum Gasteiger partial charge on any atom is -0.294 e. The van der Waals surface area contributed by atoms with Gasteiger partial charge in [0.25, 0.3) is 0 Å². The number of carbonyl (C=O) groups is 1. The molecule has 2 aliphatic rings. The Hall–Kier alpha value is -2.67. The normalized spacial score (nSPS) is 17.5. The number of fused-ring (bicyclic) bond motifs is 3. The quantitative estimate of drug-likeness (QED) is 0.406. The van der Waals surface area contributed by atoms with Gasteiger partial charge in [-0.05, 0) is 76.3 Å². The predicted octanol–water partition coefficient (Wildman–Crippen LogP) is 7.67. The van der Waals surface area contributed by atoms with Crippen molar-refractivity contribution in [3.05, 3.63) is 82.9 Å². The highest BCUT2D eigenvalue weighted by atomic mass is 16.1. The molecule has 30 heavy (non-hydrogen) atoms. The lowest BCUT2D eigenvalue weighted by molar-refractivity contribution is 0.0809. The Balaban J connectivity index is 1.51. The lowest BCUT2D eigenvalue weighted by atomic mass is 9.79. The van der Waals surface area contributed by atoms with Crippen molar-refractivity contribution >= 4 is 5.78 Å². The molecule has 1 atom stereocenters. The fraction of sp³-hybridized carbons (Fsp3) is 0.345. The maximum absolute atomic E-state index is 13.2. The second-order valence-electron chi connectivity index (χ2n) is 9.70. The van der Waals surface area contributed by atoms with E-state index in [-0.39, 0.29) is 11.2 Å². The highest BCUT2D eigenvalue weighted by Gasteiger charge is 2.43. The average Bonchev–Trinajstić information content (AvgIpc) is 3.60. The molecule has 0 radical (unpaired) electrons. The zero-order chi connectivity index (χ0) is 21.0. The van der Waals surface area contributed by atoms with Crippen molar-refractivity contribution in [2.45, 2.75) is 52.9 Å². The van der Waals surface area contributed by atoms with Crippen LogP contribution in [-0.2, 0) is 6.42 Å². The van der Waals surface area contributed by atoms with E-state index in [4.69, 9.17) is 0 Å². The van der Waals surface area contributed by atoms with Crippen LogP contribution in [0.15, 0.2) is 60.7 Å². The Morgan fingerprint density at radius 2 is 1.57 bits per heavy atom. The van der Waals surface area contributed by atoms with Crippen molar-refractivity contribution in [2.24, 2.45) is 11.3 Å². The van der Waals surface area contributed by atoms with Crippen molar-refractivity contribution in [3.8, 4) is 22.3 Å². The Kier molecular flexibility index (Phi) is 4.47. The number of ketones is 1. The average molecular weight is 395 g/mol. The molecular formula is C29H30O. The molecule has 1 heteroatoms. The molecule has 1 fully saturated rings. The van der Waals surface area contributed by atoms with Crippen molar-refractivity contribution in [3.63, 3.8) is 0 Å². The van der Waals surface area contributed by atoms with Gasteiger partial charge in [0.2, 0.25) is 0 Å². The molecule has 0 aliphatic heterocycles. The Morgan fingerprint density at radius 3 is 2.27 bits per heavy atom. The second kappa shape index (κ2) is 6.94. The van der Waals surface area contributed by atoms with E-state index in [0.717, 1.165) is 17.5 Å². The molecule has 1 saturated carbocycles. The third-order valence-electron chi connectivity index (χ3n) is 7.44. The van der Waals surface area contributed by atoms with Crippen molar-refractivity contribution in [2.75, 3.05) is 0 Å². The number of hydrogen-bond donors (Lipinski definition) is 0. The minimum absolute atomic E-state index is 0.260. The number of benzene rings is 3. The van der Waals surface area contributed by atoms with Crippen molar-refractivity contribution in [1.29, 1.82) is 0 Å². The number of Topliss-reactive ketones (excluding diaryl/α,β-unsaturated/α-hetero) is 1. The predicted molar refractivity (Wildman–Crippen MR) is 125 cm³/mol. The van der Waals surface area contributed by atoms with Crippen LogP contribution >= 0.6 is 0 Å². The van der Waals surface area contributed by atoms with Gasteiger partial charge in [0.1, 0.15) is 0 Å². The maximum Gasteiger partial charge on any atom is 0.168 e. The third kappa shape index (κ3) is 3.03. The van der Waals surface area contributed by atoms with Crippen LogP contribution in [0, 0.1) is 11.3 Å². The van der Waals surface area contributed by atoms with Crippen LogP contribution in [0.2, 0.25) is 0 Å². The molecule has 0 amide bonds. The summed E-state index contributed by atoms with van der Waals surface area (Å²) >= 11 is 0. The van der Waals surface area contributed by atoms with Crippen LogP contribution in [0.25, 0.3) is 22.3 Å². The van der Waals surface area contributed by atoms with Gasteiger partial charge in [0.05, 0.1) is 0 Å². The summed E-state index contributed by atoms with van der Waals surface area (Å²) < 4.78 is 0. The van der Waals surface area contributed by atoms with Crippen molar-refractivity contribution < 1.29 is 4.79 Å². The zero-order valence-electron chi connectivity index (χ0n) is 18.5. The van der Waals surface area contributed by atoms with Crippen LogP contribution in [0.5, 0.6) is 0 Å². The second-order valence-corrected chi connectivity index (χ2v) is 9.70. The molecular weight excluding hydrogens is 364 g/mol. The topological polar surface area (TPSA) is 17.1 Å². The van der Waals surface area contributed by atoms with Crippen LogP contribution in [-0.4, -0.2) is 5.78 Å². The molecule has 1 unspecified atom stereocenters. The summed E-state index contributed by atoms with van der Waals surface area (Å²) in [4.78, 5) is 13.2. The van der Waals surface area contributed by atoms with Crippen molar-refractivity contribution in [1.82, 2.24) is 0 Å². The van der Waals surface area contributed by atoms with Gasteiger partial charge in [0, 0.05) is 16.9 Å². The molecule has 3 aromatic carbocycles. The number of carbonyl (C=O) groups excluding carboxylic acids is 1. The summed E-state index contributed by atoms with van der Waals surface area (Å²) in [6, 6.07) is 22.0. The van der Waals surface area contributed by atoms with E-state index in [1.165, 1.54) is 46.2 Å². The van der Waals surface area contributed by atoms with E-state index < -0.39 is 0 Å². The molecule has 152 valence electrons. The van der Waals surface area contributed by atoms with Gasteiger partial charge in [-0.2, -0.15) is 0 Å². The van der Waals surface area contributed by atoms with Gasteiger partial charge in [0.15, 0.2) is 5.78 Å². The molecule has 0 saturated heterocycles. The molecule has 0 N–H and O–H groups in total. The molecule has 1 nitrogen and oxygen atoms in total. The Morgan fingerprint density at radius 1 is 0.900 bits per heavy atom. The first-order chi connectivity index (χ1) is 14.4. The van der Waals surface area contributed by atoms with Crippen LogP contribution in [0.4, 0.5) is 0 Å². The number of hydrogen-bond acceptors (Lipinski definition) is 1. The number of rotatable bonds is 5. The molecule has 0 spiro atoms. The fourth-order valence-electron chi connectivity index (χ4n) is 5.15. The first kappa shape index (κ1) is 19.3. The summed E-state index contributed by atoms with van der Waals surface area (Å²) in [6.45, 7) is 8.74. The van der Waals surface area contributed by atoms with Gasteiger partial charge < -0.3 is 0 Å². The van der Waals surface area contributed by atoms with Gasteiger partial charge in [-0.15, -0.1) is 0 Å². The van der Waals surface area contributed by atoms with Crippen LogP contribution < -0.4 is 0 Å². The van der Waals surface area contributed by atoms with Gasteiger partial charge >= 0.3 is 0 Å². The minimum atomic E-state index is -0.260. The van der Waals surface area contributed by atoms with Gasteiger partial charge in [-0.1, -0.05) is 76.2 Å². The van der Waals surface area contributed by atoms with Crippen LogP contribution in [0.1, 0.15) is 73.5 Å². The lowest BCUT2D eigenvalue weighted by Crippen LogP contribution is -2.26. The molecule has 3 aromatic rings. The van der Waals surface area contributed by atoms with Gasteiger partial charge in [-0.3, -0.25) is 4.79 Å². The molecule has 0 heterocycles. The Labute approximate surface area is 180 Å². The third-order valence-corrected chi connectivity index (χ3v) is 7.44. The number of aryl methyl sites for hydroxylation is 1. The summed E-state index contributed by atoms with van der Waals surface area (Å²) in [5.74, 6) is 1.22. The van der Waals surface area contributed by atoms with E-state index in [2.05, 4.69) is 76.2 Å². The highest BCUT2D eigenvalue weighted by Crippen LogP contribution is 2.48. The Bertz CT molecular complexity index is 1150. The maximum atomic E-state index is 13.2. The lowest BCUT2D eigenvalue weighted by Gasteiger charge is -2.23. The first-order valence-electron chi connectivity index (χ1n) is 11.3. The van der Waals surface area contributed by atoms with E-state index >= 15 is 0 Å². The molecule has 5 rings (SSSR count).